The first kappa shape index (κ1) is 22.3. The Labute approximate surface area is 186 Å². The van der Waals surface area contributed by atoms with Crippen molar-refractivity contribution in [2.45, 2.75) is 24.7 Å². The van der Waals surface area contributed by atoms with Crippen LogP contribution in [0.25, 0.3) is 0 Å². The van der Waals surface area contributed by atoms with E-state index in [2.05, 4.69) is 10.3 Å². The number of rotatable bonds is 6. The molecule has 33 heavy (non-hydrogen) atoms. The topological polar surface area (TPSA) is 99.5 Å². The molecule has 0 saturated carbocycles. The molecule has 4 rings (SSSR count). The van der Waals surface area contributed by atoms with Crippen molar-refractivity contribution in [2.24, 2.45) is 0 Å². The maximum absolute atomic E-state index is 14.5. The lowest BCUT2D eigenvalue weighted by molar-refractivity contribution is -0.105. The Hall–Kier alpha value is -3.92. The summed E-state index contributed by atoms with van der Waals surface area (Å²) in [6.45, 7) is -0.676. The molecule has 2 atom stereocenters. The molecule has 0 radical (unpaired) electrons. The van der Waals surface area contributed by atoms with Gasteiger partial charge in [0.25, 0.3) is 11.8 Å². The van der Waals surface area contributed by atoms with Crippen LogP contribution in [0.4, 0.5) is 14.6 Å². The summed E-state index contributed by atoms with van der Waals surface area (Å²) in [7, 11) is 0. The number of hydrogen-bond acceptors (Lipinski definition) is 6. The lowest BCUT2D eigenvalue weighted by atomic mass is 10.1. The highest BCUT2D eigenvalue weighted by Crippen LogP contribution is 2.40. The number of amides is 1. The van der Waals surface area contributed by atoms with Crippen molar-refractivity contribution >= 4 is 17.7 Å². The molecule has 2 heterocycles. The third-order valence-corrected chi connectivity index (χ3v) is 5.03. The van der Waals surface area contributed by atoms with E-state index in [1.54, 1.807) is 48.5 Å². The molecule has 2 aromatic carbocycles. The Bertz CT molecular complexity index is 1200. The van der Waals surface area contributed by atoms with E-state index in [9.17, 15) is 23.2 Å². The Morgan fingerprint density at radius 3 is 2.33 bits per heavy atom. The normalized spacial score (nSPS) is 19.1. The first-order valence-corrected chi connectivity index (χ1v) is 10.0. The summed E-state index contributed by atoms with van der Waals surface area (Å²) in [5.41, 5.74) is -0.275. The second kappa shape index (κ2) is 9.29. The van der Waals surface area contributed by atoms with Crippen molar-refractivity contribution in [3.05, 3.63) is 94.5 Å². The van der Waals surface area contributed by atoms with E-state index in [0.717, 1.165) is 4.57 Å². The minimum atomic E-state index is -3.33. The molecular weight excluding hydrogens is 436 g/mol. The molecule has 1 aliphatic heterocycles. The summed E-state index contributed by atoms with van der Waals surface area (Å²) >= 11 is 0. The SMILES string of the molecule is O=C(Nc1ccn([C@H]2CC(F)(F)[C@H](COC(=O)c3ccccc3)O2)c(=O)n1)c1ccccc1. The number of aromatic nitrogens is 2. The van der Waals surface area contributed by atoms with E-state index >= 15 is 0 Å². The van der Waals surface area contributed by atoms with Crippen LogP contribution in [0.2, 0.25) is 0 Å². The molecule has 1 fully saturated rings. The van der Waals surface area contributed by atoms with Crippen LogP contribution in [-0.4, -0.2) is 40.1 Å². The van der Waals surface area contributed by atoms with E-state index < -0.39 is 48.8 Å². The average molecular weight is 455 g/mol. The molecule has 170 valence electrons. The Morgan fingerprint density at radius 2 is 1.70 bits per heavy atom. The van der Waals surface area contributed by atoms with Gasteiger partial charge < -0.3 is 14.8 Å². The number of nitrogens with zero attached hydrogens (tertiary/aromatic N) is 2. The highest BCUT2D eigenvalue weighted by molar-refractivity contribution is 6.03. The van der Waals surface area contributed by atoms with Gasteiger partial charge in [-0.25, -0.2) is 18.4 Å². The van der Waals surface area contributed by atoms with Gasteiger partial charge in [-0.05, 0) is 30.3 Å². The molecule has 1 amide bonds. The van der Waals surface area contributed by atoms with Gasteiger partial charge in [0.15, 0.2) is 6.10 Å². The summed E-state index contributed by atoms with van der Waals surface area (Å²) in [6.07, 6.45) is -2.61. The van der Waals surface area contributed by atoms with Crippen molar-refractivity contribution in [3.8, 4) is 0 Å². The molecule has 1 saturated heterocycles. The minimum absolute atomic E-state index is 0.0248. The number of benzene rings is 2. The highest BCUT2D eigenvalue weighted by atomic mass is 19.3. The summed E-state index contributed by atoms with van der Waals surface area (Å²) < 4.78 is 40.1. The van der Waals surface area contributed by atoms with Gasteiger partial charge in [0.05, 0.1) is 12.0 Å². The summed E-state index contributed by atoms with van der Waals surface area (Å²) in [6, 6.07) is 17.6. The van der Waals surface area contributed by atoms with Crippen LogP contribution in [0.1, 0.15) is 33.4 Å². The maximum atomic E-state index is 14.5. The molecule has 3 aromatic rings. The number of halogens is 2. The fourth-order valence-electron chi connectivity index (χ4n) is 3.32. The first-order valence-electron chi connectivity index (χ1n) is 10.0. The quantitative estimate of drug-likeness (QED) is 0.573. The van der Waals surface area contributed by atoms with E-state index in [-0.39, 0.29) is 11.4 Å². The third kappa shape index (κ3) is 5.12. The summed E-state index contributed by atoms with van der Waals surface area (Å²) in [5, 5.41) is 2.48. The van der Waals surface area contributed by atoms with E-state index in [0.29, 0.717) is 5.56 Å². The smallest absolute Gasteiger partial charge is 0.351 e. The Morgan fingerprint density at radius 1 is 1.06 bits per heavy atom. The maximum Gasteiger partial charge on any atom is 0.351 e. The largest absolute Gasteiger partial charge is 0.459 e. The van der Waals surface area contributed by atoms with E-state index in [4.69, 9.17) is 9.47 Å². The zero-order valence-corrected chi connectivity index (χ0v) is 17.2. The second-order valence-electron chi connectivity index (χ2n) is 7.33. The van der Waals surface area contributed by atoms with Crippen LogP contribution in [0.3, 0.4) is 0 Å². The molecule has 1 N–H and O–H groups in total. The standard InChI is InChI=1S/C23H19F2N3O5/c24-23(25)13-19(33-17(23)14-32-21(30)16-9-5-2-6-10-16)28-12-11-18(27-22(28)31)26-20(29)15-7-3-1-4-8-15/h1-12,17,19H,13-14H2,(H,26,27,29,31)/t17-,19+/m0/s1. The second-order valence-corrected chi connectivity index (χ2v) is 7.33. The van der Waals surface area contributed by atoms with Crippen molar-refractivity contribution in [2.75, 3.05) is 11.9 Å². The van der Waals surface area contributed by atoms with Gasteiger partial charge in [0, 0.05) is 11.8 Å². The molecule has 10 heteroatoms. The molecule has 0 unspecified atom stereocenters. The van der Waals surface area contributed by atoms with Gasteiger partial charge >= 0.3 is 11.7 Å². The lowest BCUT2D eigenvalue weighted by Gasteiger charge is -2.17. The van der Waals surface area contributed by atoms with Gasteiger partial charge in [0.2, 0.25) is 0 Å². The zero-order chi connectivity index (χ0) is 23.4. The Kier molecular flexibility index (Phi) is 6.27. The van der Waals surface area contributed by atoms with Crippen molar-refractivity contribution < 1.29 is 27.8 Å². The van der Waals surface area contributed by atoms with Crippen LogP contribution in [0.15, 0.2) is 77.7 Å². The first-order chi connectivity index (χ1) is 15.8. The molecule has 8 nitrogen and oxygen atoms in total. The highest BCUT2D eigenvalue weighted by Gasteiger charge is 2.51. The average Bonchev–Trinajstić information content (AvgIpc) is 3.12. The molecule has 0 spiro atoms. The number of anilines is 1. The number of esters is 1. The number of ether oxygens (including phenoxy) is 2. The number of alkyl halides is 2. The monoisotopic (exact) mass is 455 g/mol. The van der Waals surface area contributed by atoms with Crippen LogP contribution < -0.4 is 11.0 Å². The lowest BCUT2D eigenvalue weighted by Crippen LogP contribution is -2.33. The van der Waals surface area contributed by atoms with E-state index in [1.165, 1.54) is 24.4 Å². The summed E-state index contributed by atoms with van der Waals surface area (Å²) in [5.74, 6) is -4.58. The third-order valence-electron chi connectivity index (χ3n) is 5.03. The van der Waals surface area contributed by atoms with Crippen LogP contribution in [0, 0.1) is 0 Å². The predicted octanol–water partition coefficient (Wildman–Crippen LogP) is 3.28. The van der Waals surface area contributed by atoms with E-state index in [1.807, 2.05) is 0 Å². The number of hydrogen-bond donors (Lipinski definition) is 1. The number of carbonyl (C=O) groups is 2. The van der Waals surface area contributed by atoms with Crippen LogP contribution in [0.5, 0.6) is 0 Å². The van der Waals surface area contributed by atoms with Gasteiger partial charge in [-0.2, -0.15) is 4.98 Å². The van der Waals surface area contributed by atoms with Crippen LogP contribution >= 0.6 is 0 Å². The number of nitrogens with one attached hydrogen (secondary N) is 1. The molecule has 1 aliphatic rings. The van der Waals surface area contributed by atoms with Gasteiger partial charge in [-0.1, -0.05) is 36.4 Å². The summed E-state index contributed by atoms with van der Waals surface area (Å²) in [4.78, 5) is 40.4. The molecule has 1 aromatic heterocycles. The molecular formula is C23H19F2N3O5. The predicted molar refractivity (Wildman–Crippen MR) is 113 cm³/mol. The van der Waals surface area contributed by atoms with Crippen molar-refractivity contribution in [1.82, 2.24) is 9.55 Å². The Balaban J connectivity index is 1.41. The van der Waals surface area contributed by atoms with Crippen LogP contribution in [-0.2, 0) is 9.47 Å². The van der Waals surface area contributed by atoms with Crippen molar-refractivity contribution in [3.63, 3.8) is 0 Å². The zero-order valence-electron chi connectivity index (χ0n) is 17.2. The van der Waals surface area contributed by atoms with Gasteiger partial charge in [-0.15, -0.1) is 0 Å². The van der Waals surface area contributed by atoms with Gasteiger partial charge in [-0.3, -0.25) is 9.36 Å². The molecule has 0 aliphatic carbocycles. The molecule has 0 bridgehead atoms. The van der Waals surface area contributed by atoms with Gasteiger partial charge in [0.1, 0.15) is 18.7 Å². The minimum Gasteiger partial charge on any atom is -0.459 e. The number of carbonyl (C=O) groups excluding carboxylic acids is 2. The fraction of sp³-hybridized carbons (Fsp3) is 0.217. The fourth-order valence-corrected chi connectivity index (χ4v) is 3.32. The van der Waals surface area contributed by atoms with Crippen molar-refractivity contribution in [1.29, 1.82) is 0 Å².